The highest BCUT2D eigenvalue weighted by Gasteiger charge is 2.26. The highest BCUT2D eigenvalue weighted by Crippen LogP contribution is 2.23. The van der Waals surface area contributed by atoms with Gasteiger partial charge in [-0.25, -0.2) is 13.1 Å². The second kappa shape index (κ2) is 9.50. The normalized spacial score (nSPS) is 15.4. The lowest BCUT2D eigenvalue weighted by atomic mass is 10.1. The number of aryl methyl sites for hydroxylation is 1. The highest BCUT2D eigenvalue weighted by molar-refractivity contribution is 7.89. The van der Waals surface area contributed by atoms with Gasteiger partial charge in [-0.3, -0.25) is 4.79 Å². The Kier molecular flexibility index (Phi) is 7.15. The molecule has 8 heteroatoms. The molecule has 7 nitrogen and oxygen atoms in total. The molecular formula is C24H33N3O4S. The van der Waals surface area contributed by atoms with Crippen LogP contribution in [0, 0.1) is 6.92 Å². The molecule has 1 aliphatic rings. The van der Waals surface area contributed by atoms with Crippen molar-refractivity contribution in [1.82, 2.24) is 9.62 Å². The molecule has 0 bridgehead atoms. The second-order valence-electron chi connectivity index (χ2n) is 9.16. The molecule has 0 aromatic heterocycles. The van der Waals surface area contributed by atoms with Gasteiger partial charge in [0.05, 0.1) is 12.0 Å². The van der Waals surface area contributed by atoms with Crippen molar-refractivity contribution in [1.29, 1.82) is 0 Å². The first-order valence-electron chi connectivity index (χ1n) is 10.8. The van der Waals surface area contributed by atoms with Crippen molar-refractivity contribution in [3.8, 4) is 5.75 Å². The molecule has 1 N–H and O–H groups in total. The number of nitrogens with one attached hydrogen (secondary N) is 1. The fourth-order valence-electron chi connectivity index (χ4n) is 3.80. The Morgan fingerprint density at radius 2 is 1.69 bits per heavy atom. The number of amides is 1. The van der Waals surface area contributed by atoms with Crippen molar-refractivity contribution in [2.75, 3.05) is 38.2 Å². The minimum Gasteiger partial charge on any atom is -0.497 e. The third-order valence-corrected chi connectivity index (χ3v) is 7.17. The van der Waals surface area contributed by atoms with E-state index in [1.807, 2.05) is 36.1 Å². The smallest absolute Gasteiger partial charge is 0.254 e. The lowest BCUT2D eigenvalue weighted by Gasteiger charge is -2.24. The summed E-state index contributed by atoms with van der Waals surface area (Å²) in [5.41, 5.74) is 1.68. The van der Waals surface area contributed by atoms with Crippen molar-refractivity contribution in [3.05, 3.63) is 53.6 Å². The van der Waals surface area contributed by atoms with Crippen LogP contribution in [0.2, 0.25) is 0 Å². The van der Waals surface area contributed by atoms with Gasteiger partial charge in [0, 0.05) is 43.0 Å². The number of benzene rings is 2. The van der Waals surface area contributed by atoms with Crippen LogP contribution in [0.4, 0.5) is 5.69 Å². The minimum absolute atomic E-state index is 0.107. The topological polar surface area (TPSA) is 79.0 Å². The summed E-state index contributed by atoms with van der Waals surface area (Å²) in [5, 5.41) is 0. The Labute approximate surface area is 191 Å². The van der Waals surface area contributed by atoms with Gasteiger partial charge in [0.25, 0.3) is 5.91 Å². The van der Waals surface area contributed by atoms with Gasteiger partial charge in [0.2, 0.25) is 10.0 Å². The van der Waals surface area contributed by atoms with E-state index in [1.165, 1.54) is 6.07 Å². The predicted octanol–water partition coefficient (Wildman–Crippen LogP) is 3.43. The number of anilines is 1. The summed E-state index contributed by atoms with van der Waals surface area (Å²) in [6.07, 6.45) is 0.834. The summed E-state index contributed by atoms with van der Waals surface area (Å²) in [7, 11) is -2.07. The number of carbonyl (C=O) groups is 1. The molecule has 1 aliphatic heterocycles. The largest absolute Gasteiger partial charge is 0.497 e. The molecule has 1 amide bonds. The molecule has 1 saturated heterocycles. The van der Waals surface area contributed by atoms with Crippen LogP contribution in [0.5, 0.6) is 5.75 Å². The van der Waals surface area contributed by atoms with Gasteiger partial charge in [-0.1, -0.05) is 6.07 Å². The zero-order valence-corrected chi connectivity index (χ0v) is 20.3. The monoisotopic (exact) mass is 459 g/mol. The van der Waals surface area contributed by atoms with Crippen LogP contribution in [-0.4, -0.2) is 58.1 Å². The Hall–Kier alpha value is -2.58. The highest BCUT2D eigenvalue weighted by atomic mass is 32.2. The molecule has 0 aliphatic carbocycles. The van der Waals surface area contributed by atoms with Crippen molar-refractivity contribution in [2.45, 2.75) is 44.6 Å². The van der Waals surface area contributed by atoms with Crippen molar-refractivity contribution >= 4 is 21.6 Å². The van der Waals surface area contributed by atoms with E-state index in [9.17, 15) is 13.2 Å². The van der Waals surface area contributed by atoms with E-state index < -0.39 is 15.6 Å². The molecule has 0 atom stereocenters. The zero-order valence-electron chi connectivity index (χ0n) is 19.5. The van der Waals surface area contributed by atoms with E-state index in [-0.39, 0.29) is 10.8 Å². The maximum absolute atomic E-state index is 13.3. The van der Waals surface area contributed by atoms with E-state index >= 15 is 0 Å². The SMILES string of the molecule is COc1ccc(N2CCCN(C(=O)c3cc(S(=O)(=O)NC(C)(C)C)ccc3C)CC2)cc1. The van der Waals surface area contributed by atoms with Gasteiger partial charge in [0.1, 0.15) is 5.75 Å². The zero-order chi connectivity index (χ0) is 23.5. The van der Waals surface area contributed by atoms with Gasteiger partial charge in [-0.05, 0) is 76.1 Å². The van der Waals surface area contributed by atoms with E-state index in [4.69, 9.17) is 4.74 Å². The van der Waals surface area contributed by atoms with E-state index in [2.05, 4.69) is 9.62 Å². The summed E-state index contributed by atoms with van der Waals surface area (Å²) in [4.78, 5) is 17.5. The first kappa shape index (κ1) is 24.1. The molecule has 0 radical (unpaired) electrons. The Balaban J connectivity index is 1.77. The maximum Gasteiger partial charge on any atom is 0.254 e. The number of ether oxygens (including phenoxy) is 1. The first-order valence-corrected chi connectivity index (χ1v) is 12.3. The quantitative estimate of drug-likeness (QED) is 0.741. The van der Waals surface area contributed by atoms with E-state index in [1.54, 1.807) is 40.0 Å². The molecule has 0 saturated carbocycles. The maximum atomic E-state index is 13.3. The van der Waals surface area contributed by atoms with Gasteiger partial charge in [-0.2, -0.15) is 0 Å². The summed E-state index contributed by atoms with van der Waals surface area (Å²) >= 11 is 0. The van der Waals surface area contributed by atoms with Crippen molar-refractivity contribution < 1.29 is 17.9 Å². The Morgan fingerprint density at radius 3 is 2.31 bits per heavy atom. The summed E-state index contributed by atoms with van der Waals surface area (Å²) in [5.74, 6) is 0.679. The molecule has 32 heavy (non-hydrogen) atoms. The number of hydrogen-bond acceptors (Lipinski definition) is 5. The van der Waals surface area contributed by atoms with Crippen LogP contribution < -0.4 is 14.4 Å². The van der Waals surface area contributed by atoms with Crippen LogP contribution in [-0.2, 0) is 10.0 Å². The fourth-order valence-corrected chi connectivity index (χ4v) is 5.25. The molecule has 1 heterocycles. The molecule has 3 rings (SSSR count). The lowest BCUT2D eigenvalue weighted by Crippen LogP contribution is -2.40. The van der Waals surface area contributed by atoms with Crippen LogP contribution >= 0.6 is 0 Å². The molecule has 1 fully saturated rings. The number of methoxy groups -OCH3 is 1. The molecule has 2 aromatic rings. The standard InChI is InChI=1S/C24H33N3O4S/c1-18-7-12-21(32(29,30)25-24(2,3)4)17-22(18)23(28)27-14-6-13-26(15-16-27)19-8-10-20(31-5)11-9-19/h7-12,17,25H,6,13-16H2,1-5H3. The number of carbonyl (C=O) groups excluding carboxylic acids is 1. The fraction of sp³-hybridized carbons (Fsp3) is 0.458. The molecular weight excluding hydrogens is 426 g/mol. The van der Waals surface area contributed by atoms with Crippen LogP contribution in [0.3, 0.4) is 0 Å². The lowest BCUT2D eigenvalue weighted by molar-refractivity contribution is 0.0766. The molecule has 174 valence electrons. The summed E-state index contributed by atoms with van der Waals surface area (Å²) in [6, 6.07) is 12.7. The Bertz CT molecular complexity index is 1060. The van der Waals surface area contributed by atoms with Gasteiger partial charge in [-0.15, -0.1) is 0 Å². The third-order valence-electron chi connectivity index (χ3n) is 5.41. The van der Waals surface area contributed by atoms with Crippen LogP contribution in [0.25, 0.3) is 0 Å². The van der Waals surface area contributed by atoms with E-state index in [0.717, 1.165) is 30.0 Å². The predicted molar refractivity (Wildman–Crippen MR) is 127 cm³/mol. The van der Waals surface area contributed by atoms with Gasteiger partial charge >= 0.3 is 0 Å². The Morgan fingerprint density at radius 1 is 1.00 bits per heavy atom. The van der Waals surface area contributed by atoms with Crippen LogP contribution in [0.1, 0.15) is 43.1 Å². The van der Waals surface area contributed by atoms with Crippen LogP contribution in [0.15, 0.2) is 47.4 Å². The van der Waals surface area contributed by atoms with Gasteiger partial charge < -0.3 is 14.5 Å². The van der Waals surface area contributed by atoms with E-state index in [0.29, 0.717) is 25.2 Å². The average Bonchev–Trinajstić information content (AvgIpc) is 2.98. The molecule has 0 unspecified atom stereocenters. The average molecular weight is 460 g/mol. The summed E-state index contributed by atoms with van der Waals surface area (Å²) < 4.78 is 33.4. The van der Waals surface area contributed by atoms with Crippen molar-refractivity contribution in [3.63, 3.8) is 0 Å². The van der Waals surface area contributed by atoms with Gasteiger partial charge in [0.15, 0.2) is 0 Å². The molecule has 2 aromatic carbocycles. The first-order chi connectivity index (χ1) is 15.0. The number of nitrogens with zero attached hydrogens (tertiary/aromatic N) is 2. The van der Waals surface area contributed by atoms with Crippen molar-refractivity contribution in [2.24, 2.45) is 0 Å². The minimum atomic E-state index is -3.72. The number of sulfonamides is 1. The number of hydrogen-bond donors (Lipinski definition) is 1. The third kappa shape index (κ3) is 5.81. The summed E-state index contributed by atoms with van der Waals surface area (Å²) in [6.45, 7) is 9.95. The number of rotatable bonds is 5. The second-order valence-corrected chi connectivity index (χ2v) is 10.8. The molecule has 0 spiro atoms.